The van der Waals surface area contributed by atoms with Crippen LogP contribution in [0, 0.1) is 27.7 Å². The van der Waals surface area contributed by atoms with Crippen molar-refractivity contribution in [1.29, 1.82) is 0 Å². The number of aromatic amines is 2. The Morgan fingerprint density at radius 2 is 1.53 bits per heavy atom. The van der Waals surface area contributed by atoms with Gasteiger partial charge in [-0.2, -0.15) is 4.31 Å². The topological polar surface area (TPSA) is 118 Å². The van der Waals surface area contributed by atoms with Crippen LogP contribution in [0.15, 0.2) is 34.0 Å². The number of aryl methyl sites for hydroxylation is 2. The second kappa shape index (κ2) is 9.01. The van der Waals surface area contributed by atoms with Crippen molar-refractivity contribution >= 4 is 32.7 Å². The zero-order valence-corrected chi connectivity index (χ0v) is 21.0. The quantitative estimate of drug-likeness (QED) is 0.513. The molecule has 1 aliphatic rings. The fraction of sp³-hybridized carbons (Fsp3) is 0.417. The van der Waals surface area contributed by atoms with Crippen LogP contribution in [0.5, 0.6) is 0 Å². The highest BCUT2D eigenvalue weighted by molar-refractivity contribution is 7.89. The molecule has 1 atom stereocenters. The number of imidazole rings is 1. The van der Waals surface area contributed by atoms with Gasteiger partial charge < -0.3 is 15.3 Å². The summed E-state index contributed by atoms with van der Waals surface area (Å²) in [7, 11) is -3.63. The zero-order chi connectivity index (χ0) is 24.8. The molecule has 1 aliphatic heterocycles. The third kappa shape index (κ3) is 4.40. The molecule has 34 heavy (non-hydrogen) atoms. The first kappa shape index (κ1) is 24.2. The highest BCUT2D eigenvalue weighted by Crippen LogP contribution is 2.29. The van der Waals surface area contributed by atoms with Crippen LogP contribution in [0.25, 0.3) is 11.0 Å². The minimum Gasteiger partial charge on any atom is -0.325 e. The predicted molar refractivity (Wildman–Crippen MR) is 133 cm³/mol. The summed E-state index contributed by atoms with van der Waals surface area (Å²) in [4.78, 5) is 32.0. The summed E-state index contributed by atoms with van der Waals surface area (Å²) >= 11 is 0. The van der Waals surface area contributed by atoms with Gasteiger partial charge in [-0.1, -0.05) is 6.07 Å². The summed E-state index contributed by atoms with van der Waals surface area (Å²) in [6.07, 6.45) is 0. The van der Waals surface area contributed by atoms with Crippen molar-refractivity contribution in [1.82, 2.24) is 19.2 Å². The number of sulfonamides is 1. The number of carbonyl (C=O) groups is 1. The van der Waals surface area contributed by atoms with E-state index in [0.29, 0.717) is 47.8 Å². The molecule has 1 saturated heterocycles. The van der Waals surface area contributed by atoms with Crippen LogP contribution < -0.4 is 11.0 Å². The van der Waals surface area contributed by atoms with Gasteiger partial charge in [-0.3, -0.25) is 9.69 Å². The first-order valence-electron chi connectivity index (χ1n) is 11.3. The van der Waals surface area contributed by atoms with Crippen molar-refractivity contribution < 1.29 is 13.2 Å². The molecule has 0 bridgehead atoms. The van der Waals surface area contributed by atoms with E-state index in [4.69, 9.17) is 0 Å². The lowest BCUT2D eigenvalue weighted by Crippen LogP contribution is -2.54. The Labute approximate surface area is 199 Å². The lowest BCUT2D eigenvalue weighted by atomic mass is 10.0. The number of benzene rings is 2. The number of fused-ring (bicyclic) bond motifs is 1. The van der Waals surface area contributed by atoms with Crippen LogP contribution in [0.4, 0.5) is 5.69 Å². The van der Waals surface area contributed by atoms with Gasteiger partial charge in [0, 0.05) is 31.9 Å². The number of H-pyrrole nitrogens is 2. The Balaban J connectivity index is 1.43. The van der Waals surface area contributed by atoms with E-state index in [1.165, 1.54) is 4.31 Å². The smallest absolute Gasteiger partial charge is 0.323 e. The normalized spacial score (nSPS) is 16.6. The molecule has 3 N–H and O–H groups in total. The highest BCUT2D eigenvalue weighted by atomic mass is 32.2. The van der Waals surface area contributed by atoms with E-state index in [-0.39, 0.29) is 11.6 Å². The summed E-state index contributed by atoms with van der Waals surface area (Å²) in [5.74, 6) is -0.186. The van der Waals surface area contributed by atoms with E-state index in [0.717, 1.165) is 22.3 Å². The molecule has 2 aromatic carbocycles. The number of anilines is 1. The largest absolute Gasteiger partial charge is 0.325 e. The lowest BCUT2D eigenvalue weighted by Gasteiger charge is -2.37. The summed E-state index contributed by atoms with van der Waals surface area (Å²) < 4.78 is 28.5. The Bertz CT molecular complexity index is 1390. The Morgan fingerprint density at radius 3 is 2.15 bits per heavy atom. The van der Waals surface area contributed by atoms with Crippen molar-refractivity contribution in [3.63, 3.8) is 0 Å². The van der Waals surface area contributed by atoms with Crippen molar-refractivity contribution in [2.75, 3.05) is 31.5 Å². The van der Waals surface area contributed by atoms with Crippen LogP contribution in [-0.4, -0.2) is 65.7 Å². The third-order valence-electron chi connectivity index (χ3n) is 6.88. The summed E-state index contributed by atoms with van der Waals surface area (Å²) in [5.41, 5.74) is 5.08. The number of nitrogens with one attached hydrogen (secondary N) is 3. The molecule has 182 valence electrons. The SMILES string of the molecule is Cc1cc(C)c(C)c(S(=O)(=O)N2CCN([C@@H](C)C(=O)Nc3ccc4[nH]c(=O)[nH]c4c3)CC2)c1C. The van der Waals surface area contributed by atoms with Gasteiger partial charge in [-0.05, 0) is 75.1 Å². The average Bonchev–Trinajstić information content (AvgIpc) is 3.16. The minimum atomic E-state index is -3.63. The van der Waals surface area contributed by atoms with Crippen LogP contribution in [0.3, 0.4) is 0 Å². The number of hydrogen-bond acceptors (Lipinski definition) is 5. The maximum absolute atomic E-state index is 13.5. The minimum absolute atomic E-state index is 0.186. The number of hydrogen-bond donors (Lipinski definition) is 3. The molecule has 3 aromatic rings. The van der Waals surface area contributed by atoms with Crippen LogP contribution in [-0.2, 0) is 14.8 Å². The van der Waals surface area contributed by atoms with Crippen molar-refractivity contribution in [2.24, 2.45) is 0 Å². The van der Waals surface area contributed by atoms with Crippen LogP contribution >= 0.6 is 0 Å². The Kier molecular flexibility index (Phi) is 6.41. The van der Waals surface area contributed by atoms with Crippen LogP contribution in [0.2, 0.25) is 0 Å². The van der Waals surface area contributed by atoms with E-state index in [9.17, 15) is 18.0 Å². The van der Waals surface area contributed by atoms with Gasteiger partial charge in [0.25, 0.3) is 0 Å². The molecule has 1 amide bonds. The Morgan fingerprint density at radius 1 is 0.941 bits per heavy atom. The second-order valence-electron chi connectivity index (χ2n) is 9.03. The van der Waals surface area contributed by atoms with Gasteiger partial charge >= 0.3 is 5.69 Å². The molecule has 0 saturated carbocycles. The maximum atomic E-state index is 13.5. The molecular weight excluding hydrogens is 454 g/mol. The van der Waals surface area contributed by atoms with Gasteiger partial charge in [-0.15, -0.1) is 0 Å². The monoisotopic (exact) mass is 485 g/mol. The molecule has 0 spiro atoms. The van der Waals surface area contributed by atoms with E-state index in [2.05, 4.69) is 15.3 Å². The molecule has 10 heteroatoms. The van der Waals surface area contributed by atoms with Gasteiger partial charge in [0.2, 0.25) is 15.9 Å². The zero-order valence-electron chi connectivity index (χ0n) is 20.2. The number of nitrogens with zero attached hydrogens (tertiary/aromatic N) is 2. The molecule has 9 nitrogen and oxygen atoms in total. The number of amides is 1. The number of carbonyl (C=O) groups excluding carboxylic acids is 1. The summed E-state index contributed by atoms with van der Waals surface area (Å²) in [6, 6.07) is 6.75. The maximum Gasteiger partial charge on any atom is 0.323 e. The standard InChI is InChI=1S/C24H31N5O4S/c1-14-12-15(2)17(4)22(16(14)3)34(32,33)29-10-8-28(9-11-29)18(5)23(30)25-19-6-7-20-21(13-19)27-24(31)26-20/h6-7,12-13,18H,8-11H2,1-5H3,(H,25,30)(H2,26,27,31)/t18-/m0/s1. The van der Waals surface area contributed by atoms with Gasteiger partial charge in [0.05, 0.1) is 22.0 Å². The summed E-state index contributed by atoms with van der Waals surface area (Å²) in [5, 5.41) is 2.89. The van der Waals surface area contributed by atoms with Gasteiger partial charge in [0.1, 0.15) is 0 Å². The molecule has 1 fully saturated rings. The predicted octanol–water partition coefficient (Wildman–Crippen LogP) is 2.42. The van der Waals surface area contributed by atoms with Crippen molar-refractivity contribution in [2.45, 2.75) is 45.6 Å². The number of piperazine rings is 1. The van der Waals surface area contributed by atoms with E-state index in [1.807, 2.05) is 45.6 Å². The van der Waals surface area contributed by atoms with Gasteiger partial charge in [-0.25, -0.2) is 13.2 Å². The highest BCUT2D eigenvalue weighted by Gasteiger charge is 2.34. The first-order valence-corrected chi connectivity index (χ1v) is 12.8. The van der Waals surface area contributed by atoms with Crippen molar-refractivity contribution in [3.8, 4) is 0 Å². The third-order valence-corrected chi connectivity index (χ3v) is 9.05. The van der Waals surface area contributed by atoms with Crippen LogP contribution in [0.1, 0.15) is 29.2 Å². The molecule has 4 rings (SSSR count). The Hall–Kier alpha value is -2.95. The van der Waals surface area contributed by atoms with E-state index in [1.54, 1.807) is 18.2 Å². The lowest BCUT2D eigenvalue weighted by molar-refractivity contribution is -0.121. The molecular formula is C24H31N5O4S. The molecule has 0 aliphatic carbocycles. The molecule has 2 heterocycles. The second-order valence-corrected chi connectivity index (χ2v) is 10.9. The van der Waals surface area contributed by atoms with E-state index >= 15 is 0 Å². The van der Waals surface area contributed by atoms with Crippen molar-refractivity contribution in [3.05, 3.63) is 57.0 Å². The molecule has 1 aromatic heterocycles. The average molecular weight is 486 g/mol. The molecule has 0 unspecified atom stereocenters. The number of rotatable bonds is 5. The molecule has 0 radical (unpaired) electrons. The summed E-state index contributed by atoms with van der Waals surface area (Å²) in [6.45, 7) is 11.0. The number of aromatic nitrogens is 2. The fourth-order valence-corrected chi connectivity index (χ4v) is 6.55. The van der Waals surface area contributed by atoms with E-state index < -0.39 is 16.1 Å². The first-order chi connectivity index (χ1) is 16.0. The fourth-order valence-electron chi connectivity index (χ4n) is 4.55. The van der Waals surface area contributed by atoms with Gasteiger partial charge in [0.15, 0.2) is 0 Å².